The molecule has 23 heavy (non-hydrogen) atoms. The molecule has 0 bridgehead atoms. The molecule has 0 saturated heterocycles. The first-order valence-corrected chi connectivity index (χ1v) is 8.88. The van der Waals surface area contributed by atoms with E-state index in [1.807, 2.05) is 19.0 Å². The van der Waals surface area contributed by atoms with Crippen molar-refractivity contribution in [3.63, 3.8) is 0 Å². The zero-order valence-corrected chi connectivity index (χ0v) is 14.4. The molecule has 0 atom stereocenters. The van der Waals surface area contributed by atoms with E-state index in [1.54, 1.807) is 6.07 Å². The average molecular weight is 335 g/mol. The van der Waals surface area contributed by atoms with Crippen molar-refractivity contribution in [1.29, 1.82) is 0 Å². The molecule has 3 rings (SSSR count). The maximum absolute atomic E-state index is 13.4. The van der Waals surface area contributed by atoms with E-state index in [4.69, 9.17) is 0 Å². The van der Waals surface area contributed by atoms with Crippen LogP contribution in [0.1, 0.15) is 25.7 Å². The number of fused-ring (bicyclic) bond motifs is 1. The van der Waals surface area contributed by atoms with E-state index in [0.29, 0.717) is 11.7 Å². The second-order valence-electron chi connectivity index (χ2n) is 6.38. The highest BCUT2D eigenvalue weighted by atomic mass is 32.1. The fourth-order valence-corrected chi connectivity index (χ4v) is 3.74. The lowest BCUT2D eigenvalue weighted by molar-refractivity contribution is -0.124. The monoisotopic (exact) mass is 335 g/mol. The maximum atomic E-state index is 13.4. The van der Waals surface area contributed by atoms with E-state index >= 15 is 0 Å². The molecule has 0 aliphatic heterocycles. The van der Waals surface area contributed by atoms with Gasteiger partial charge in [-0.05, 0) is 58.1 Å². The smallest absolute Gasteiger partial charge is 0.231 e. The molecule has 0 N–H and O–H groups in total. The van der Waals surface area contributed by atoms with E-state index in [9.17, 15) is 9.18 Å². The number of halogens is 1. The van der Waals surface area contributed by atoms with Crippen molar-refractivity contribution >= 4 is 32.6 Å². The number of hydrogen-bond acceptors (Lipinski definition) is 4. The molecule has 0 spiro atoms. The van der Waals surface area contributed by atoms with Crippen LogP contribution in [-0.4, -0.2) is 43.0 Å². The molecular weight excluding hydrogens is 313 g/mol. The number of carbonyl (C=O) groups excluding carboxylic acids is 1. The third-order valence-electron chi connectivity index (χ3n) is 4.28. The summed E-state index contributed by atoms with van der Waals surface area (Å²) in [7, 11) is 4.05. The van der Waals surface area contributed by atoms with Crippen LogP contribution in [0.25, 0.3) is 10.2 Å². The van der Waals surface area contributed by atoms with Gasteiger partial charge in [0.2, 0.25) is 5.91 Å². The normalized spacial score (nSPS) is 15.1. The second kappa shape index (κ2) is 6.93. The summed E-state index contributed by atoms with van der Waals surface area (Å²) < 4.78 is 14.2. The predicted molar refractivity (Wildman–Crippen MR) is 92.4 cm³/mol. The van der Waals surface area contributed by atoms with Gasteiger partial charge in [0.1, 0.15) is 5.82 Å². The molecule has 0 radical (unpaired) electrons. The van der Waals surface area contributed by atoms with E-state index in [1.165, 1.54) is 23.5 Å². The largest absolute Gasteiger partial charge is 0.309 e. The predicted octanol–water partition coefficient (Wildman–Crippen LogP) is 3.52. The van der Waals surface area contributed by atoms with Crippen molar-refractivity contribution in [1.82, 2.24) is 9.88 Å². The molecule has 1 aliphatic rings. The quantitative estimate of drug-likeness (QED) is 0.810. The first-order chi connectivity index (χ1) is 11.0. The molecule has 6 heteroatoms. The van der Waals surface area contributed by atoms with Crippen molar-refractivity contribution < 1.29 is 9.18 Å². The molecule has 0 unspecified atom stereocenters. The summed E-state index contributed by atoms with van der Waals surface area (Å²) in [6, 6.07) is 4.58. The van der Waals surface area contributed by atoms with Crippen molar-refractivity contribution in [2.45, 2.75) is 25.7 Å². The van der Waals surface area contributed by atoms with Gasteiger partial charge in [0.25, 0.3) is 0 Å². The Morgan fingerprint density at radius 1 is 1.35 bits per heavy atom. The number of aromatic nitrogens is 1. The molecule has 1 saturated carbocycles. The van der Waals surface area contributed by atoms with E-state index in [2.05, 4.69) is 9.88 Å². The Morgan fingerprint density at radius 3 is 2.78 bits per heavy atom. The lowest BCUT2D eigenvalue weighted by Crippen LogP contribution is -2.40. The second-order valence-corrected chi connectivity index (χ2v) is 7.39. The van der Waals surface area contributed by atoms with Crippen molar-refractivity contribution in [2.75, 3.05) is 32.1 Å². The zero-order chi connectivity index (χ0) is 16.4. The molecule has 1 aromatic heterocycles. The van der Waals surface area contributed by atoms with E-state index < -0.39 is 0 Å². The maximum Gasteiger partial charge on any atom is 0.231 e. The Hall–Kier alpha value is -1.53. The summed E-state index contributed by atoms with van der Waals surface area (Å²) in [4.78, 5) is 21.2. The molecule has 2 aromatic rings. The van der Waals surface area contributed by atoms with Crippen molar-refractivity contribution in [3.05, 3.63) is 24.0 Å². The molecule has 1 aliphatic carbocycles. The van der Waals surface area contributed by atoms with Gasteiger partial charge in [0.05, 0.1) is 10.2 Å². The summed E-state index contributed by atoms with van der Waals surface area (Å²) in [6.45, 7) is 1.59. The number of amides is 1. The van der Waals surface area contributed by atoms with Crippen LogP contribution >= 0.6 is 11.3 Å². The zero-order valence-electron chi connectivity index (χ0n) is 13.6. The number of nitrogens with zero attached hydrogens (tertiary/aromatic N) is 3. The van der Waals surface area contributed by atoms with Crippen LogP contribution in [0, 0.1) is 11.7 Å². The van der Waals surface area contributed by atoms with Gasteiger partial charge in [-0.25, -0.2) is 9.37 Å². The number of carbonyl (C=O) groups is 1. The Morgan fingerprint density at radius 2 is 2.13 bits per heavy atom. The highest BCUT2D eigenvalue weighted by molar-refractivity contribution is 7.22. The van der Waals surface area contributed by atoms with Gasteiger partial charge in [0.15, 0.2) is 5.13 Å². The van der Waals surface area contributed by atoms with Gasteiger partial charge in [-0.2, -0.15) is 0 Å². The third-order valence-corrected chi connectivity index (χ3v) is 5.32. The molecule has 1 aromatic carbocycles. The van der Waals surface area contributed by atoms with Crippen LogP contribution in [0.2, 0.25) is 0 Å². The minimum absolute atomic E-state index is 0.137. The molecule has 1 fully saturated rings. The third kappa shape index (κ3) is 3.70. The molecule has 1 heterocycles. The molecule has 4 nitrogen and oxygen atoms in total. The van der Waals surface area contributed by atoms with Gasteiger partial charge < -0.3 is 4.90 Å². The minimum Gasteiger partial charge on any atom is -0.309 e. The first-order valence-electron chi connectivity index (χ1n) is 8.07. The first kappa shape index (κ1) is 16.3. The van der Waals surface area contributed by atoms with Crippen LogP contribution in [0.15, 0.2) is 18.2 Å². The number of benzene rings is 1. The molecule has 1 amide bonds. The van der Waals surface area contributed by atoms with Gasteiger partial charge >= 0.3 is 0 Å². The summed E-state index contributed by atoms with van der Waals surface area (Å²) in [6.07, 6.45) is 3.98. The highest BCUT2D eigenvalue weighted by Crippen LogP contribution is 2.34. The Labute approximate surface area is 139 Å². The SMILES string of the molecule is CN(C)CCCN(C(=O)C1CCC1)c1nc2ccc(F)cc2s1. The average Bonchev–Trinajstić information content (AvgIpc) is 2.83. The van der Waals surface area contributed by atoms with Crippen LogP contribution in [0.4, 0.5) is 9.52 Å². The van der Waals surface area contributed by atoms with Gasteiger partial charge in [-0.3, -0.25) is 9.69 Å². The lowest BCUT2D eigenvalue weighted by Gasteiger charge is -2.30. The van der Waals surface area contributed by atoms with Crippen LogP contribution in [-0.2, 0) is 4.79 Å². The minimum atomic E-state index is -0.267. The van der Waals surface area contributed by atoms with E-state index in [-0.39, 0.29) is 17.6 Å². The van der Waals surface area contributed by atoms with E-state index in [0.717, 1.165) is 42.4 Å². The topological polar surface area (TPSA) is 36.4 Å². The number of hydrogen-bond donors (Lipinski definition) is 0. The number of thiazole rings is 1. The summed E-state index contributed by atoms with van der Waals surface area (Å²) in [5.41, 5.74) is 0.755. The van der Waals surface area contributed by atoms with Crippen LogP contribution in [0.5, 0.6) is 0 Å². The van der Waals surface area contributed by atoms with Gasteiger partial charge in [0, 0.05) is 12.5 Å². The van der Waals surface area contributed by atoms with Crippen LogP contribution < -0.4 is 4.90 Å². The number of anilines is 1. The molecule has 124 valence electrons. The number of rotatable bonds is 6. The Kier molecular flexibility index (Phi) is 4.92. The Balaban J connectivity index is 1.83. The summed E-state index contributed by atoms with van der Waals surface area (Å²) >= 11 is 1.40. The Bertz CT molecular complexity index is 696. The van der Waals surface area contributed by atoms with Crippen molar-refractivity contribution in [3.8, 4) is 0 Å². The summed E-state index contributed by atoms with van der Waals surface area (Å²) in [5.74, 6) is 0.0461. The standard InChI is InChI=1S/C17H22FN3OS/c1-20(2)9-4-10-21(16(22)12-5-3-6-12)17-19-14-8-7-13(18)11-15(14)23-17/h7-8,11-12H,3-6,9-10H2,1-2H3. The van der Waals surface area contributed by atoms with Crippen LogP contribution in [0.3, 0.4) is 0 Å². The summed E-state index contributed by atoms with van der Waals surface area (Å²) in [5, 5.41) is 0.696. The lowest BCUT2D eigenvalue weighted by atomic mass is 9.84. The fraction of sp³-hybridized carbons (Fsp3) is 0.529. The molecular formula is C17H22FN3OS. The van der Waals surface area contributed by atoms with Gasteiger partial charge in [-0.15, -0.1) is 0 Å². The fourth-order valence-electron chi connectivity index (χ4n) is 2.72. The highest BCUT2D eigenvalue weighted by Gasteiger charge is 2.31. The van der Waals surface area contributed by atoms with Gasteiger partial charge in [-0.1, -0.05) is 17.8 Å². The van der Waals surface area contributed by atoms with Crippen molar-refractivity contribution in [2.24, 2.45) is 5.92 Å².